The molecule has 202 valence electrons. The zero-order valence-corrected chi connectivity index (χ0v) is 21.4. The van der Waals surface area contributed by atoms with Gasteiger partial charge >= 0.3 is 5.97 Å². The third-order valence-electron chi connectivity index (χ3n) is 5.35. The summed E-state index contributed by atoms with van der Waals surface area (Å²) in [6.07, 6.45) is 1.47. The van der Waals surface area contributed by atoms with Gasteiger partial charge in [0, 0.05) is 24.2 Å². The zero-order valence-electron chi connectivity index (χ0n) is 21.4. The summed E-state index contributed by atoms with van der Waals surface area (Å²) in [4.78, 5) is 63.4. The minimum Gasteiger partial charge on any atom is -0.480 e. The number of carbonyl (C=O) groups is 3. The van der Waals surface area contributed by atoms with Crippen molar-refractivity contribution >= 4 is 34.6 Å². The maximum atomic E-state index is 12.6. The molecule has 0 saturated carbocycles. The number of aryl methyl sites for hydroxylation is 1. The lowest BCUT2D eigenvalue weighted by Crippen LogP contribution is -2.41. The molecule has 2 amide bonds. The van der Waals surface area contributed by atoms with Crippen LogP contribution in [0.5, 0.6) is 0 Å². The molecule has 1 unspecified atom stereocenters. The number of H-pyrrole nitrogens is 1. The van der Waals surface area contributed by atoms with Gasteiger partial charge in [-0.25, -0.2) is 19.7 Å². The van der Waals surface area contributed by atoms with E-state index in [1.807, 2.05) is 13.8 Å². The molecule has 0 spiro atoms. The number of carboxylic acid groups (broad SMARTS) is 1. The fourth-order valence-corrected chi connectivity index (χ4v) is 3.43. The van der Waals surface area contributed by atoms with Gasteiger partial charge in [-0.3, -0.25) is 14.4 Å². The van der Waals surface area contributed by atoms with E-state index < -0.39 is 17.9 Å². The molecule has 13 nitrogen and oxygen atoms in total. The predicted molar refractivity (Wildman–Crippen MR) is 139 cm³/mol. The van der Waals surface area contributed by atoms with E-state index in [0.29, 0.717) is 30.4 Å². The van der Waals surface area contributed by atoms with E-state index in [9.17, 15) is 24.3 Å². The van der Waals surface area contributed by atoms with Crippen LogP contribution in [0.2, 0.25) is 0 Å². The summed E-state index contributed by atoms with van der Waals surface area (Å²) < 4.78 is 5.34. The Hall–Kier alpha value is -4.39. The molecule has 0 bridgehead atoms. The van der Waals surface area contributed by atoms with Crippen molar-refractivity contribution in [3.05, 3.63) is 57.9 Å². The summed E-state index contributed by atoms with van der Waals surface area (Å²) in [5.41, 5.74) is 1.50. The van der Waals surface area contributed by atoms with Crippen LogP contribution in [0, 0.1) is 6.92 Å². The van der Waals surface area contributed by atoms with E-state index in [-0.39, 0.29) is 53.7 Å². The maximum Gasteiger partial charge on any atom is 0.326 e. The number of nitrogens with one attached hydrogen (secondary N) is 4. The van der Waals surface area contributed by atoms with E-state index >= 15 is 0 Å². The van der Waals surface area contributed by atoms with Crippen LogP contribution in [0.3, 0.4) is 0 Å². The number of nitrogens with zero attached hydrogens (tertiary/aromatic N) is 3. The SMILES string of the molecule is Cc1nc2ncc(CNc3ccc(C(=O)NC(CCC(=O)NCCOC(C)C)C(=O)O)cc3)nc2c(=O)[nH]1. The fourth-order valence-electron chi connectivity index (χ4n) is 3.43. The van der Waals surface area contributed by atoms with Crippen LogP contribution in [-0.2, 0) is 20.9 Å². The zero-order chi connectivity index (χ0) is 27.7. The highest BCUT2D eigenvalue weighted by Gasteiger charge is 2.21. The molecule has 0 fully saturated rings. The highest BCUT2D eigenvalue weighted by molar-refractivity contribution is 5.97. The molecule has 0 radical (unpaired) electrons. The number of anilines is 1. The van der Waals surface area contributed by atoms with Gasteiger partial charge in [0.05, 0.1) is 31.1 Å². The minimum absolute atomic E-state index is 0.0523. The average Bonchev–Trinajstić information content (AvgIpc) is 2.87. The first-order valence-corrected chi connectivity index (χ1v) is 12.1. The van der Waals surface area contributed by atoms with Crippen molar-refractivity contribution in [2.45, 2.75) is 52.3 Å². The number of carbonyl (C=O) groups excluding carboxylic acids is 2. The average molecular weight is 526 g/mol. The number of hydrogen-bond donors (Lipinski definition) is 5. The molecule has 3 aromatic rings. The quantitative estimate of drug-likeness (QED) is 0.202. The van der Waals surface area contributed by atoms with Crippen molar-refractivity contribution in [3.63, 3.8) is 0 Å². The van der Waals surface area contributed by atoms with Crippen molar-refractivity contribution in [1.82, 2.24) is 30.6 Å². The molecule has 13 heteroatoms. The van der Waals surface area contributed by atoms with Gasteiger partial charge in [0.1, 0.15) is 11.9 Å². The van der Waals surface area contributed by atoms with E-state index in [2.05, 4.69) is 35.9 Å². The third kappa shape index (κ3) is 8.34. The highest BCUT2D eigenvalue weighted by atomic mass is 16.5. The Labute approximate surface area is 218 Å². The number of aromatic nitrogens is 4. The second-order valence-electron chi connectivity index (χ2n) is 8.79. The van der Waals surface area contributed by atoms with Crippen molar-refractivity contribution in [2.24, 2.45) is 0 Å². The van der Waals surface area contributed by atoms with Gasteiger partial charge in [-0.15, -0.1) is 0 Å². The maximum absolute atomic E-state index is 12.6. The van der Waals surface area contributed by atoms with Crippen molar-refractivity contribution < 1.29 is 24.2 Å². The normalized spacial score (nSPS) is 11.8. The van der Waals surface area contributed by atoms with Gasteiger partial charge in [0.2, 0.25) is 5.91 Å². The molecule has 5 N–H and O–H groups in total. The standard InChI is InChI=1S/C25H31N7O6/c1-14(2)38-11-10-26-20(33)9-8-19(25(36)37)32-23(34)16-4-6-17(7-5-16)27-12-18-13-28-22-21(31-18)24(35)30-15(3)29-22/h4-7,13-14,19,27H,8-12H2,1-3H3,(H,26,33)(H,32,34)(H,36,37)(H,28,29,30,35). The Bertz CT molecular complexity index is 1340. The minimum atomic E-state index is -1.23. The van der Waals surface area contributed by atoms with Gasteiger partial charge < -0.3 is 30.8 Å². The Morgan fingerprint density at radius 3 is 2.55 bits per heavy atom. The molecule has 0 aliphatic carbocycles. The molecular formula is C25H31N7O6. The first-order chi connectivity index (χ1) is 18.1. The molecule has 2 heterocycles. The molecule has 0 aliphatic rings. The fraction of sp³-hybridized carbons (Fsp3) is 0.400. The second-order valence-corrected chi connectivity index (χ2v) is 8.79. The van der Waals surface area contributed by atoms with Crippen LogP contribution in [0.25, 0.3) is 11.2 Å². The number of ether oxygens (including phenoxy) is 1. The van der Waals surface area contributed by atoms with E-state index in [1.54, 1.807) is 31.2 Å². The Morgan fingerprint density at radius 2 is 1.87 bits per heavy atom. The van der Waals surface area contributed by atoms with Crippen LogP contribution in [0.15, 0.2) is 35.3 Å². The largest absolute Gasteiger partial charge is 0.480 e. The van der Waals surface area contributed by atoms with Crippen molar-refractivity contribution in [3.8, 4) is 0 Å². The summed E-state index contributed by atoms with van der Waals surface area (Å²) in [7, 11) is 0. The Balaban J connectivity index is 1.51. The van der Waals surface area contributed by atoms with Gasteiger partial charge in [0.25, 0.3) is 11.5 Å². The summed E-state index contributed by atoms with van der Waals surface area (Å²) in [5, 5.41) is 17.7. The monoisotopic (exact) mass is 525 g/mol. The van der Waals surface area contributed by atoms with E-state index in [1.165, 1.54) is 6.20 Å². The highest BCUT2D eigenvalue weighted by Crippen LogP contribution is 2.12. The number of fused-ring (bicyclic) bond motifs is 1. The van der Waals surface area contributed by atoms with Crippen LogP contribution in [-0.4, -0.2) is 68.1 Å². The first kappa shape index (κ1) is 28.2. The number of amides is 2. The number of carboxylic acids is 1. The summed E-state index contributed by atoms with van der Waals surface area (Å²) in [5.74, 6) is -1.67. The molecule has 1 atom stereocenters. The van der Waals surface area contributed by atoms with Gasteiger partial charge in [-0.2, -0.15) is 0 Å². The number of hydrogen-bond acceptors (Lipinski definition) is 9. The van der Waals surface area contributed by atoms with Gasteiger partial charge in [0.15, 0.2) is 11.2 Å². The molecule has 0 saturated heterocycles. The van der Waals surface area contributed by atoms with E-state index in [4.69, 9.17) is 4.74 Å². The second kappa shape index (κ2) is 13.2. The van der Waals surface area contributed by atoms with Crippen LogP contribution in [0.1, 0.15) is 48.6 Å². The Morgan fingerprint density at radius 1 is 1.13 bits per heavy atom. The van der Waals surface area contributed by atoms with Crippen LogP contribution < -0.4 is 21.5 Å². The first-order valence-electron chi connectivity index (χ1n) is 12.1. The predicted octanol–water partition coefficient (Wildman–Crippen LogP) is 1.14. The lowest BCUT2D eigenvalue weighted by molar-refractivity contribution is -0.139. The number of rotatable bonds is 13. The van der Waals surface area contributed by atoms with Crippen molar-refractivity contribution in [1.29, 1.82) is 0 Å². The Kier molecular flexibility index (Phi) is 9.82. The topological polar surface area (TPSA) is 188 Å². The smallest absolute Gasteiger partial charge is 0.326 e. The number of aliphatic carboxylic acids is 1. The molecule has 3 rings (SSSR count). The molecule has 1 aromatic carbocycles. The van der Waals surface area contributed by atoms with Crippen molar-refractivity contribution in [2.75, 3.05) is 18.5 Å². The summed E-state index contributed by atoms with van der Waals surface area (Å²) in [6.45, 7) is 6.39. The third-order valence-corrected chi connectivity index (χ3v) is 5.35. The summed E-state index contributed by atoms with van der Waals surface area (Å²) in [6, 6.07) is 5.18. The molecule has 0 aliphatic heterocycles. The van der Waals surface area contributed by atoms with Gasteiger partial charge in [-0.05, 0) is 51.5 Å². The summed E-state index contributed by atoms with van der Waals surface area (Å²) >= 11 is 0. The number of benzene rings is 1. The lowest BCUT2D eigenvalue weighted by atomic mass is 10.1. The molecular weight excluding hydrogens is 494 g/mol. The van der Waals surface area contributed by atoms with Gasteiger partial charge in [-0.1, -0.05) is 0 Å². The molecule has 38 heavy (non-hydrogen) atoms. The molecule has 2 aromatic heterocycles. The number of aromatic amines is 1. The van der Waals surface area contributed by atoms with Crippen LogP contribution in [0.4, 0.5) is 5.69 Å². The van der Waals surface area contributed by atoms with Crippen LogP contribution >= 0.6 is 0 Å². The van der Waals surface area contributed by atoms with E-state index in [0.717, 1.165) is 0 Å². The lowest BCUT2D eigenvalue weighted by Gasteiger charge is -2.15.